The van der Waals surface area contributed by atoms with E-state index in [9.17, 15) is 0 Å². The number of rotatable bonds is 5. The van der Waals surface area contributed by atoms with Gasteiger partial charge in [0.2, 0.25) is 0 Å². The van der Waals surface area contributed by atoms with Crippen LogP contribution in [-0.4, -0.2) is 6.10 Å². The van der Waals surface area contributed by atoms with E-state index in [4.69, 9.17) is 13.9 Å². The first-order valence-electron chi connectivity index (χ1n) is 19.0. The minimum absolute atomic E-state index is 0.425. The average Bonchev–Trinajstić information content (AvgIpc) is 3.98. The minimum atomic E-state index is -0.574. The maximum absolute atomic E-state index is 7.43. The van der Waals surface area contributed by atoms with Gasteiger partial charge in [-0.3, -0.25) is 0 Å². The molecule has 0 aliphatic carbocycles. The Kier molecular flexibility index (Phi) is 8.55. The fourth-order valence-corrected chi connectivity index (χ4v) is 13.9. The predicted octanol–water partition coefficient (Wildman–Crippen LogP) is 15.5. The molecule has 278 valence electrons. The summed E-state index contributed by atoms with van der Waals surface area (Å²) in [6, 6.07) is 48.2. The first-order chi connectivity index (χ1) is 28.8. The van der Waals surface area contributed by atoms with E-state index in [2.05, 4.69) is 151 Å². The Morgan fingerprint density at radius 1 is 0.517 bits per heavy atom. The molecular weight excluding hydrogens is 809 g/mol. The van der Waals surface area contributed by atoms with Gasteiger partial charge in [-0.05, 0) is 83.3 Å². The maximum atomic E-state index is 7.43. The molecule has 3 nitrogen and oxygen atoms in total. The van der Waals surface area contributed by atoms with Crippen LogP contribution in [0.2, 0.25) is 0 Å². The monoisotopic (exact) mass is 838 g/mol. The number of hydrogen-bond donors (Lipinski definition) is 0. The number of allylic oxidation sites excluding steroid dienone is 2. The molecule has 6 aromatic carbocycles. The van der Waals surface area contributed by atoms with Gasteiger partial charge in [0.05, 0.1) is 12.5 Å². The van der Waals surface area contributed by atoms with Gasteiger partial charge in [-0.25, -0.2) is 0 Å². The van der Waals surface area contributed by atoms with Crippen molar-refractivity contribution in [2.24, 2.45) is 0 Å². The third-order valence-electron chi connectivity index (χ3n) is 10.9. The van der Waals surface area contributed by atoms with E-state index in [0.717, 1.165) is 50.1 Å². The van der Waals surface area contributed by atoms with Crippen LogP contribution in [0.3, 0.4) is 0 Å². The van der Waals surface area contributed by atoms with Crippen LogP contribution in [0.25, 0.3) is 37.9 Å². The van der Waals surface area contributed by atoms with E-state index < -0.39 is 12.2 Å². The van der Waals surface area contributed by atoms with E-state index >= 15 is 0 Å². The zero-order valence-electron chi connectivity index (χ0n) is 30.6. The molecule has 0 bridgehead atoms. The molecule has 58 heavy (non-hydrogen) atoms. The fraction of sp³-hybridized carbons (Fsp3) is 0.0400. The van der Waals surface area contributed by atoms with Crippen molar-refractivity contribution in [2.75, 3.05) is 0 Å². The lowest BCUT2D eigenvalue weighted by Gasteiger charge is -2.37. The molecule has 0 radical (unpaired) electrons. The number of hydrogen-bond acceptors (Lipinski definition) is 8. The summed E-state index contributed by atoms with van der Waals surface area (Å²) < 4.78 is 20.6. The van der Waals surface area contributed by atoms with Crippen molar-refractivity contribution in [3.63, 3.8) is 0 Å². The van der Waals surface area contributed by atoms with Crippen molar-refractivity contribution in [1.82, 2.24) is 0 Å². The topological polar surface area (TPSA) is 31.6 Å². The first kappa shape index (κ1) is 34.8. The fourth-order valence-electron chi connectivity index (χ4n) is 8.36. The highest BCUT2D eigenvalue weighted by Gasteiger charge is 2.41. The standard InChI is InChI=1S/C50H30O3S5/c1-2-13-30-29(12-1)28-52-47(30)48-46(34-16-7-8-26-51-34)44(33-15-10-22-42-50(33)58-40-20-6-4-18-38(40)56-42)45-35(53-48)25-24-31(36-23-11-27-54-36)43(45)32-14-9-21-41-49(32)57-39-19-5-3-17-37(39)55-41/h1-28,34,48H. The predicted molar refractivity (Wildman–Crippen MR) is 240 cm³/mol. The van der Waals surface area contributed by atoms with Crippen LogP contribution >= 0.6 is 58.4 Å². The van der Waals surface area contributed by atoms with Crippen LogP contribution in [0.1, 0.15) is 23.0 Å². The zero-order chi connectivity index (χ0) is 38.2. The van der Waals surface area contributed by atoms with E-state index in [1.165, 1.54) is 55.2 Å². The van der Waals surface area contributed by atoms with Crippen molar-refractivity contribution >= 4 is 74.7 Å². The van der Waals surface area contributed by atoms with Gasteiger partial charge in [-0.2, -0.15) is 0 Å². The van der Waals surface area contributed by atoms with E-state index in [0.29, 0.717) is 0 Å². The minimum Gasteiger partial charge on any atom is -0.489 e. The van der Waals surface area contributed by atoms with Crippen molar-refractivity contribution < 1.29 is 13.9 Å². The molecule has 0 N–H and O–H groups in total. The molecule has 0 saturated carbocycles. The molecule has 6 heterocycles. The van der Waals surface area contributed by atoms with Crippen molar-refractivity contribution in [1.29, 1.82) is 0 Å². The van der Waals surface area contributed by atoms with Crippen LogP contribution in [0.5, 0.6) is 5.75 Å². The van der Waals surface area contributed by atoms with E-state index in [-0.39, 0.29) is 0 Å². The highest BCUT2D eigenvalue weighted by Crippen LogP contribution is 2.60. The summed E-state index contributed by atoms with van der Waals surface area (Å²) >= 11 is 9.16. The first-order valence-corrected chi connectivity index (χ1v) is 23.1. The number of ether oxygens (including phenoxy) is 2. The van der Waals surface area contributed by atoms with Gasteiger partial charge in [0.25, 0.3) is 0 Å². The highest BCUT2D eigenvalue weighted by atomic mass is 32.2. The maximum Gasteiger partial charge on any atom is 0.183 e. The second kappa shape index (κ2) is 14.3. The molecule has 0 spiro atoms. The molecule has 0 amide bonds. The lowest BCUT2D eigenvalue weighted by atomic mass is 9.79. The Morgan fingerprint density at radius 2 is 1.19 bits per heavy atom. The van der Waals surface area contributed by atoms with Gasteiger partial charge in [0, 0.05) is 82.7 Å². The summed E-state index contributed by atoms with van der Waals surface area (Å²) in [6.07, 6.45) is 8.81. The molecule has 4 aliphatic heterocycles. The molecule has 8 aromatic rings. The number of fused-ring (bicyclic) bond motifs is 6. The lowest BCUT2D eigenvalue weighted by Crippen LogP contribution is -2.27. The lowest BCUT2D eigenvalue weighted by molar-refractivity contribution is 0.149. The van der Waals surface area contributed by atoms with Gasteiger partial charge in [-0.15, -0.1) is 11.3 Å². The van der Waals surface area contributed by atoms with Gasteiger partial charge >= 0.3 is 0 Å². The Labute approximate surface area is 356 Å². The molecular formula is C50H30O3S5. The van der Waals surface area contributed by atoms with Crippen LogP contribution in [0.4, 0.5) is 0 Å². The second-order valence-electron chi connectivity index (χ2n) is 14.2. The SMILES string of the molecule is C1=COC(C2=C(c3cccc4c3Sc3ccccc3S4)c3c(ccc(-c4cccs4)c3-c3cccc4c3Sc3ccccc3S4)OC2c2occ3ccccc23)C=C1. The molecule has 4 aliphatic rings. The molecule has 2 aromatic heterocycles. The van der Waals surface area contributed by atoms with Crippen molar-refractivity contribution in [2.45, 2.75) is 51.4 Å². The van der Waals surface area contributed by atoms with Crippen LogP contribution in [0.15, 0.2) is 219 Å². The average molecular weight is 839 g/mol. The van der Waals surface area contributed by atoms with Crippen molar-refractivity contribution in [3.05, 3.63) is 192 Å². The quantitative estimate of drug-likeness (QED) is 0.171. The molecule has 0 saturated heterocycles. The summed E-state index contributed by atoms with van der Waals surface area (Å²) in [6.45, 7) is 0. The number of benzene rings is 6. The zero-order valence-corrected chi connectivity index (χ0v) is 34.7. The van der Waals surface area contributed by atoms with Crippen LogP contribution in [-0.2, 0) is 4.74 Å². The Balaban J connectivity index is 1.21. The summed E-state index contributed by atoms with van der Waals surface area (Å²) in [5, 5.41) is 4.23. The molecule has 12 rings (SSSR count). The molecule has 0 fully saturated rings. The van der Waals surface area contributed by atoms with Crippen LogP contribution < -0.4 is 4.74 Å². The highest BCUT2D eigenvalue weighted by molar-refractivity contribution is 8.05. The number of thiophene rings is 1. The van der Waals surface area contributed by atoms with Crippen LogP contribution in [0, 0.1) is 0 Å². The summed E-state index contributed by atoms with van der Waals surface area (Å²) in [4.78, 5) is 11.2. The Morgan fingerprint density at radius 3 is 1.90 bits per heavy atom. The molecule has 2 unspecified atom stereocenters. The van der Waals surface area contributed by atoms with Gasteiger partial charge < -0.3 is 13.9 Å². The van der Waals surface area contributed by atoms with Crippen molar-refractivity contribution in [3.8, 4) is 27.3 Å². The molecule has 2 atom stereocenters. The summed E-state index contributed by atoms with van der Waals surface area (Å²) in [5.41, 5.74) is 7.85. The third-order valence-corrected chi connectivity index (χ3v) is 17.0. The molecule has 8 heteroatoms. The van der Waals surface area contributed by atoms with Gasteiger partial charge in [0.1, 0.15) is 11.9 Å². The smallest absolute Gasteiger partial charge is 0.183 e. The Bertz CT molecular complexity index is 3050. The largest absolute Gasteiger partial charge is 0.489 e. The van der Waals surface area contributed by atoms with E-state index in [1.54, 1.807) is 17.6 Å². The third kappa shape index (κ3) is 5.68. The summed E-state index contributed by atoms with van der Waals surface area (Å²) in [5.74, 6) is 1.58. The second-order valence-corrected chi connectivity index (χ2v) is 19.4. The Hall–Kier alpha value is -5.22. The normalized spacial score (nSPS) is 17.4. The number of furan rings is 1. The van der Waals surface area contributed by atoms with E-state index in [1.807, 2.05) is 59.4 Å². The van der Waals surface area contributed by atoms with Gasteiger partial charge in [-0.1, -0.05) is 132 Å². The van der Waals surface area contributed by atoms with Gasteiger partial charge in [0.15, 0.2) is 11.9 Å². The summed E-state index contributed by atoms with van der Waals surface area (Å²) in [7, 11) is 0.